The lowest BCUT2D eigenvalue weighted by molar-refractivity contribution is 0.0774. The Labute approximate surface area is 76.6 Å². The molecule has 1 heterocycles. The maximum atomic E-state index is 5.56. The average Bonchev–Trinajstić information content (AvgIpc) is 2.49. The second-order valence-corrected chi connectivity index (χ2v) is 4.61. The van der Waals surface area contributed by atoms with E-state index in [1.165, 1.54) is 19.3 Å². The summed E-state index contributed by atoms with van der Waals surface area (Å²) in [6, 6.07) is 0. The van der Waals surface area contributed by atoms with Crippen LogP contribution in [0.2, 0.25) is 0 Å². The van der Waals surface area contributed by atoms with Crippen LogP contribution in [0.5, 0.6) is 5.19 Å². The molecular formula is C9H13NOS. The van der Waals surface area contributed by atoms with Crippen molar-refractivity contribution >= 4 is 11.3 Å². The van der Waals surface area contributed by atoms with Gasteiger partial charge in [0.1, 0.15) is 0 Å². The van der Waals surface area contributed by atoms with Gasteiger partial charge in [-0.2, -0.15) is 0 Å². The molecule has 0 aliphatic heterocycles. The van der Waals surface area contributed by atoms with Crippen LogP contribution in [0.3, 0.4) is 0 Å². The monoisotopic (exact) mass is 183 g/mol. The maximum absolute atomic E-state index is 5.56. The first-order valence-electron chi connectivity index (χ1n) is 4.31. The minimum atomic E-state index is 0.436. The zero-order valence-electron chi connectivity index (χ0n) is 7.25. The first-order valence-corrected chi connectivity index (χ1v) is 5.19. The summed E-state index contributed by atoms with van der Waals surface area (Å²) < 4.78 is 5.56. The third kappa shape index (κ3) is 1.61. The largest absolute Gasteiger partial charge is 0.469 e. The number of aromatic nitrogens is 1. The molecule has 1 aliphatic rings. The molecule has 0 saturated heterocycles. The summed E-state index contributed by atoms with van der Waals surface area (Å²) >= 11 is 1.56. The van der Waals surface area contributed by atoms with Gasteiger partial charge in [-0.15, -0.1) is 0 Å². The van der Waals surface area contributed by atoms with Crippen LogP contribution in [0.4, 0.5) is 0 Å². The first-order chi connectivity index (χ1) is 5.79. The summed E-state index contributed by atoms with van der Waals surface area (Å²) in [6.45, 7) is 3.12. The van der Waals surface area contributed by atoms with Gasteiger partial charge in [-0.1, -0.05) is 24.7 Å². The molecule has 12 heavy (non-hydrogen) atoms. The lowest BCUT2D eigenvalue weighted by atomic mass is 9.71. The summed E-state index contributed by atoms with van der Waals surface area (Å²) in [5.74, 6) is 0. The van der Waals surface area contributed by atoms with E-state index in [2.05, 4.69) is 11.9 Å². The predicted octanol–water partition coefficient (Wildman–Crippen LogP) is 2.71. The van der Waals surface area contributed by atoms with E-state index < -0.39 is 0 Å². The van der Waals surface area contributed by atoms with E-state index in [0.717, 1.165) is 11.8 Å². The Morgan fingerprint density at radius 2 is 2.50 bits per heavy atom. The molecule has 1 aromatic rings. The van der Waals surface area contributed by atoms with Crippen LogP contribution in [-0.4, -0.2) is 11.6 Å². The highest BCUT2D eigenvalue weighted by Gasteiger charge is 2.32. The number of rotatable bonds is 3. The molecule has 0 spiro atoms. The van der Waals surface area contributed by atoms with Gasteiger partial charge in [-0.25, -0.2) is 4.98 Å². The quantitative estimate of drug-likeness (QED) is 0.718. The normalized spacial score (nSPS) is 20.1. The third-order valence-electron chi connectivity index (χ3n) is 2.51. The van der Waals surface area contributed by atoms with Gasteiger partial charge < -0.3 is 4.74 Å². The molecule has 0 unspecified atom stereocenters. The number of ether oxygens (including phenoxy) is 1. The highest BCUT2D eigenvalue weighted by molar-refractivity contribution is 7.11. The SMILES string of the molecule is CC1(COc2nccs2)CCC1. The smallest absolute Gasteiger partial charge is 0.273 e. The molecule has 0 N–H and O–H groups in total. The summed E-state index contributed by atoms with van der Waals surface area (Å²) in [5.41, 5.74) is 0.436. The van der Waals surface area contributed by atoms with Crippen molar-refractivity contribution in [2.45, 2.75) is 26.2 Å². The maximum Gasteiger partial charge on any atom is 0.273 e. The standard InChI is InChI=1S/C9H13NOS/c1-9(3-2-4-9)7-11-8-10-5-6-12-8/h5-6H,2-4,7H2,1H3. The molecule has 1 aliphatic carbocycles. The fourth-order valence-electron chi connectivity index (χ4n) is 1.44. The fourth-order valence-corrected chi connectivity index (χ4v) is 1.93. The summed E-state index contributed by atoms with van der Waals surface area (Å²) in [7, 11) is 0. The Balaban J connectivity index is 1.82. The van der Waals surface area contributed by atoms with Gasteiger partial charge in [0.2, 0.25) is 0 Å². The summed E-state index contributed by atoms with van der Waals surface area (Å²) in [5, 5.41) is 2.75. The second-order valence-electron chi connectivity index (χ2n) is 3.75. The fraction of sp³-hybridized carbons (Fsp3) is 0.667. The number of thiazole rings is 1. The molecule has 0 radical (unpaired) electrons. The summed E-state index contributed by atoms with van der Waals surface area (Å²) in [4.78, 5) is 4.07. The third-order valence-corrected chi connectivity index (χ3v) is 3.20. The van der Waals surface area contributed by atoms with Gasteiger partial charge in [0.15, 0.2) is 0 Å². The lowest BCUT2D eigenvalue weighted by Gasteiger charge is -2.37. The molecule has 66 valence electrons. The van der Waals surface area contributed by atoms with Crippen molar-refractivity contribution in [1.82, 2.24) is 4.98 Å². The highest BCUT2D eigenvalue weighted by atomic mass is 32.1. The van der Waals surface area contributed by atoms with E-state index in [0.29, 0.717) is 5.41 Å². The van der Waals surface area contributed by atoms with Crippen molar-refractivity contribution in [2.24, 2.45) is 5.41 Å². The Hall–Kier alpha value is -0.570. The van der Waals surface area contributed by atoms with Crippen molar-refractivity contribution < 1.29 is 4.74 Å². The van der Waals surface area contributed by atoms with Crippen LogP contribution >= 0.6 is 11.3 Å². The second kappa shape index (κ2) is 3.05. The van der Waals surface area contributed by atoms with Crippen LogP contribution in [-0.2, 0) is 0 Å². The molecule has 2 nitrogen and oxygen atoms in total. The van der Waals surface area contributed by atoms with Crippen LogP contribution in [0.15, 0.2) is 11.6 Å². The van der Waals surface area contributed by atoms with Crippen LogP contribution in [0, 0.1) is 5.41 Å². The average molecular weight is 183 g/mol. The zero-order valence-corrected chi connectivity index (χ0v) is 8.06. The molecule has 1 fully saturated rings. The van der Waals surface area contributed by atoms with Gasteiger partial charge >= 0.3 is 0 Å². The molecule has 0 aromatic carbocycles. The van der Waals surface area contributed by atoms with Gasteiger partial charge in [-0.3, -0.25) is 0 Å². The molecule has 1 aromatic heterocycles. The van der Waals surface area contributed by atoms with Gasteiger partial charge in [0.05, 0.1) is 6.61 Å². The molecule has 0 bridgehead atoms. The number of hydrogen-bond donors (Lipinski definition) is 0. The van der Waals surface area contributed by atoms with Crippen molar-refractivity contribution in [3.8, 4) is 5.19 Å². The van der Waals surface area contributed by atoms with Crippen molar-refractivity contribution in [3.05, 3.63) is 11.6 Å². The van der Waals surface area contributed by atoms with E-state index in [1.807, 2.05) is 5.38 Å². The van der Waals surface area contributed by atoms with Crippen molar-refractivity contribution in [1.29, 1.82) is 0 Å². The molecule has 2 rings (SSSR count). The van der Waals surface area contributed by atoms with Crippen molar-refractivity contribution in [2.75, 3.05) is 6.61 Å². The van der Waals surface area contributed by atoms with E-state index in [1.54, 1.807) is 17.5 Å². The number of nitrogens with zero attached hydrogens (tertiary/aromatic N) is 1. The zero-order chi connectivity index (χ0) is 8.44. The van der Waals surface area contributed by atoms with Crippen LogP contribution in [0.25, 0.3) is 0 Å². The Morgan fingerprint density at radius 1 is 1.67 bits per heavy atom. The Kier molecular flexibility index (Phi) is 2.05. The molecule has 1 saturated carbocycles. The molecular weight excluding hydrogens is 170 g/mol. The van der Waals surface area contributed by atoms with Gasteiger partial charge in [0, 0.05) is 17.0 Å². The molecule has 0 amide bonds. The lowest BCUT2D eigenvalue weighted by Crippen LogP contribution is -2.32. The topological polar surface area (TPSA) is 22.1 Å². The summed E-state index contributed by atoms with van der Waals surface area (Å²) in [6.07, 6.45) is 5.75. The molecule has 3 heteroatoms. The van der Waals surface area contributed by atoms with E-state index in [9.17, 15) is 0 Å². The molecule has 0 atom stereocenters. The van der Waals surface area contributed by atoms with Gasteiger partial charge in [0.25, 0.3) is 5.19 Å². The van der Waals surface area contributed by atoms with E-state index in [4.69, 9.17) is 4.74 Å². The highest BCUT2D eigenvalue weighted by Crippen LogP contribution is 2.40. The minimum absolute atomic E-state index is 0.436. The van der Waals surface area contributed by atoms with Crippen molar-refractivity contribution in [3.63, 3.8) is 0 Å². The first kappa shape index (κ1) is 8.05. The minimum Gasteiger partial charge on any atom is -0.469 e. The Morgan fingerprint density at radius 3 is 3.00 bits per heavy atom. The van der Waals surface area contributed by atoms with E-state index in [-0.39, 0.29) is 0 Å². The van der Waals surface area contributed by atoms with Crippen LogP contribution in [0.1, 0.15) is 26.2 Å². The van der Waals surface area contributed by atoms with E-state index >= 15 is 0 Å². The Bertz CT molecular complexity index is 241. The van der Waals surface area contributed by atoms with Gasteiger partial charge in [-0.05, 0) is 12.8 Å². The van der Waals surface area contributed by atoms with Crippen LogP contribution < -0.4 is 4.74 Å². The number of hydrogen-bond acceptors (Lipinski definition) is 3. The predicted molar refractivity (Wildman–Crippen MR) is 49.6 cm³/mol.